The predicted molar refractivity (Wildman–Crippen MR) is 51.5 cm³/mol. The van der Waals surface area contributed by atoms with E-state index in [1.807, 2.05) is 13.8 Å². The van der Waals surface area contributed by atoms with E-state index in [0.717, 1.165) is 6.42 Å². The first-order valence-corrected chi connectivity index (χ1v) is 5.05. The van der Waals surface area contributed by atoms with Crippen molar-refractivity contribution in [2.75, 3.05) is 0 Å². The Kier molecular flexibility index (Phi) is 2.19. The van der Waals surface area contributed by atoms with Crippen LogP contribution in [0, 0.1) is 5.41 Å². The maximum absolute atomic E-state index is 10.9. The van der Waals surface area contributed by atoms with E-state index in [2.05, 4.69) is 13.8 Å². The van der Waals surface area contributed by atoms with Gasteiger partial charge < -0.3 is 5.11 Å². The predicted octanol–water partition coefficient (Wildman–Crippen LogP) is 2.38. The van der Waals surface area contributed by atoms with Crippen molar-refractivity contribution in [1.29, 1.82) is 0 Å². The lowest BCUT2D eigenvalue weighted by molar-refractivity contribution is -0.147. The second-order valence-electron chi connectivity index (χ2n) is 4.60. The van der Waals surface area contributed by atoms with Gasteiger partial charge in [-0.1, -0.05) is 13.8 Å². The van der Waals surface area contributed by atoms with Crippen molar-refractivity contribution >= 4 is 17.7 Å². The zero-order valence-electron chi connectivity index (χ0n) is 8.05. The molecule has 0 amide bonds. The Morgan fingerprint density at radius 2 is 2.00 bits per heavy atom. The summed E-state index contributed by atoms with van der Waals surface area (Å²) < 4.78 is 0.289. The molecule has 0 bridgehead atoms. The minimum atomic E-state index is -0.685. The standard InChI is InChI=1S/C9H16O2S/c1-8(2)5-6(12-8)9(3,4)7(10)11/h6H,5H2,1-4H3,(H,10,11). The summed E-state index contributed by atoms with van der Waals surface area (Å²) in [5, 5.41) is 9.22. The van der Waals surface area contributed by atoms with E-state index in [1.54, 1.807) is 11.8 Å². The van der Waals surface area contributed by atoms with Gasteiger partial charge in [-0.2, -0.15) is 11.8 Å². The van der Waals surface area contributed by atoms with Crippen molar-refractivity contribution in [3.8, 4) is 0 Å². The molecule has 1 rings (SSSR count). The van der Waals surface area contributed by atoms with Crippen LogP contribution in [0.1, 0.15) is 34.1 Å². The number of hydrogen-bond donors (Lipinski definition) is 1. The molecular weight excluding hydrogens is 172 g/mol. The van der Waals surface area contributed by atoms with Gasteiger partial charge in [0.1, 0.15) is 0 Å². The first kappa shape index (κ1) is 9.90. The number of hydrogen-bond acceptors (Lipinski definition) is 2. The number of carboxylic acids is 1. The van der Waals surface area contributed by atoms with E-state index in [9.17, 15) is 4.79 Å². The van der Waals surface area contributed by atoms with Gasteiger partial charge in [0.2, 0.25) is 0 Å². The van der Waals surface area contributed by atoms with Gasteiger partial charge in [0, 0.05) is 10.00 Å². The Balaban J connectivity index is 2.58. The molecule has 1 heterocycles. The highest BCUT2D eigenvalue weighted by Gasteiger charge is 2.48. The molecule has 1 N–H and O–H groups in total. The molecule has 0 aliphatic carbocycles. The number of aliphatic carboxylic acids is 1. The SMILES string of the molecule is CC1(C)CC(C(C)(C)C(=O)O)S1. The fourth-order valence-electron chi connectivity index (χ4n) is 1.36. The molecular formula is C9H16O2S. The molecule has 0 saturated carbocycles. The average molecular weight is 188 g/mol. The molecule has 2 nitrogen and oxygen atoms in total. The van der Waals surface area contributed by atoms with Gasteiger partial charge in [-0.3, -0.25) is 4.79 Å². The molecule has 0 aromatic carbocycles. The number of rotatable bonds is 2. The van der Waals surface area contributed by atoms with Gasteiger partial charge in [0.15, 0.2) is 0 Å². The van der Waals surface area contributed by atoms with Crippen molar-refractivity contribution in [2.45, 2.75) is 44.1 Å². The highest BCUT2D eigenvalue weighted by molar-refractivity contribution is 8.02. The highest BCUT2D eigenvalue weighted by atomic mass is 32.2. The third-order valence-corrected chi connectivity index (χ3v) is 4.34. The molecule has 0 spiro atoms. The summed E-state index contributed by atoms with van der Waals surface area (Å²) in [6.07, 6.45) is 1.01. The summed E-state index contributed by atoms with van der Waals surface area (Å²) in [7, 11) is 0. The Morgan fingerprint density at radius 1 is 1.58 bits per heavy atom. The number of carbonyl (C=O) groups is 1. The Morgan fingerprint density at radius 3 is 2.25 bits per heavy atom. The van der Waals surface area contributed by atoms with Gasteiger partial charge in [0.05, 0.1) is 5.41 Å². The monoisotopic (exact) mass is 188 g/mol. The molecule has 1 unspecified atom stereocenters. The molecule has 1 saturated heterocycles. The molecule has 12 heavy (non-hydrogen) atoms. The Hall–Kier alpha value is -0.180. The summed E-state index contributed by atoms with van der Waals surface area (Å²) in [5.41, 5.74) is -0.569. The van der Waals surface area contributed by atoms with Gasteiger partial charge in [-0.25, -0.2) is 0 Å². The quantitative estimate of drug-likeness (QED) is 0.723. The molecule has 70 valence electrons. The van der Waals surface area contributed by atoms with Gasteiger partial charge in [0.25, 0.3) is 0 Å². The maximum atomic E-state index is 10.9. The van der Waals surface area contributed by atoms with Crippen LogP contribution in [0.15, 0.2) is 0 Å². The largest absolute Gasteiger partial charge is 0.481 e. The Bertz CT molecular complexity index is 201. The van der Waals surface area contributed by atoms with E-state index in [1.165, 1.54) is 0 Å². The first-order valence-electron chi connectivity index (χ1n) is 4.17. The van der Waals surface area contributed by atoms with E-state index >= 15 is 0 Å². The van der Waals surface area contributed by atoms with Crippen LogP contribution in [-0.2, 0) is 4.79 Å². The molecule has 1 atom stereocenters. The van der Waals surface area contributed by atoms with Crippen LogP contribution in [0.3, 0.4) is 0 Å². The van der Waals surface area contributed by atoms with E-state index in [0.29, 0.717) is 0 Å². The summed E-state index contributed by atoms with van der Waals surface area (Å²) in [6.45, 7) is 7.93. The van der Waals surface area contributed by atoms with Crippen LogP contribution in [-0.4, -0.2) is 21.1 Å². The minimum absolute atomic E-state index is 0.282. The van der Waals surface area contributed by atoms with Crippen LogP contribution in [0.5, 0.6) is 0 Å². The number of carboxylic acid groups (broad SMARTS) is 1. The summed E-state index contributed by atoms with van der Waals surface area (Å²) in [6, 6.07) is 0. The highest BCUT2D eigenvalue weighted by Crippen LogP contribution is 2.53. The van der Waals surface area contributed by atoms with Crippen molar-refractivity contribution < 1.29 is 9.90 Å². The van der Waals surface area contributed by atoms with Gasteiger partial charge in [-0.15, -0.1) is 0 Å². The minimum Gasteiger partial charge on any atom is -0.481 e. The second kappa shape index (κ2) is 2.66. The van der Waals surface area contributed by atoms with E-state index in [4.69, 9.17) is 5.11 Å². The summed E-state index contributed by atoms with van der Waals surface area (Å²) >= 11 is 1.79. The smallest absolute Gasteiger partial charge is 0.310 e. The number of thioether (sulfide) groups is 1. The summed E-state index contributed by atoms with van der Waals surface area (Å²) in [4.78, 5) is 10.9. The lowest BCUT2D eigenvalue weighted by atomic mass is 9.83. The van der Waals surface area contributed by atoms with Crippen LogP contribution in [0.25, 0.3) is 0 Å². The first-order chi connectivity index (χ1) is 5.26. The second-order valence-corrected chi connectivity index (χ2v) is 6.51. The van der Waals surface area contributed by atoms with Crippen molar-refractivity contribution in [1.82, 2.24) is 0 Å². The zero-order valence-corrected chi connectivity index (χ0v) is 8.86. The van der Waals surface area contributed by atoms with Crippen molar-refractivity contribution in [2.24, 2.45) is 5.41 Å². The van der Waals surface area contributed by atoms with E-state index in [-0.39, 0.29) is 10.00 Å². The van der Waals surface area contributed by atoms with Crippen LogP contribution in [0.2, 0.25) is 0 Å². The van der Waals surface area contributed by atoms with Crippen LogP contribution in [0.4, 0.5) is 0 Å². The summed E-state index contributed by atoms with van der Waals surface area (Å²) in [5.74, 6) is -0.685. The van der Waals surface area contributed by atoms with E-state index < -0.39 is 11.4 Å². The lowest BCUT2D eigenvalue weighted by Crippen LogP contribution is -2.47. The fraction of sp³-hybridized carbons (Fsp3) is 0.889. The van der Waals surface area contributed by atoms with Gasteiger partial charge in [-0.05, 0) is 20.3 Å². The lowest BCUT2D eigenvalue weighted by Gasteiger charge is -2.47. The normalized spacial score (nSPS) is 27.8. The topological polar surface area (TPSA) is 37.3 Å². The maximum Gasteiger partial charge on any atom is 0.310 e. The molecule has 0 aromatic heterocycles. The third kappa shape index (κ3) is 1.60. The zero-order chi connectivity index (χ0) is 9.57. The van der Waals surface area contributed by atoms with Crippen molar-refractivity contribution in [3.05, 3.63) is 0 Å². The fourth-order valence-corrected chi connectivity index (χ4v) is 2.99. The molecule has 1 aliphatic rings. The third-order valence-electron chi connectivity index (χ3n) is 2.49. The molecule has 0 radical (unpaired) electrons. The molecule has 0 aromatic rings. The van der Waals surface area contributed by atoms with Crippen molar-refractivity contribution in [3.63, 3.8) is 0 Å². The molecule has 1 fully saturated rings. The molecule has 1 aliphatic heterocycles. The average Bonchev–Trinajstić information content (AvgIpc) is 1.82. The molecule has 3 heteroatoms. The van der Waals surface area contributed by atoms with Crippen LogP contribution < -0.4 is 0 Å². The Labute approximate surface area is 77.7 Å². The van der Waals surface area contributed by atoms with Gasteiger partial charge >= 0.3 is 5.97 Å². The van der Waals surface area contributed by atoms with Crippen LogP contribution >= 0.6 is 11.8 Å².